The number of hydrogen-bond acceptors (Lipinski definition) is 8. The lowest BCUT2D eigenvalue weighted by atomic mass is 10.2. The Morgan fingerprint density at radius 1 is 1.10 bits per heavy atom. The van der Waals surface area contributed by atoms with E-state index in [-0.39, 0.29) is 35.0 Å². The number of halogens is 1. The second kappa shape index (κ2) is 7.76. The van der Waals surface area contributed by atoms with Crippen molar-refractivity contribution in [2.45, 2.75) is 16.9 Å². The number of carbonyl (C=O) groups excluding carboxylic acids is 2. The van der Waals surface area contributed by atoms with Gasteiger partial charge in [0.05, 0.1) is 10.6 Å². The van der Waals surface area contributed by atoms with Gasteiger partial charge in [-0.3, -0.25) is 19.7 Å². The first kappa shape index (κ1) is 19.3. The molecule has 2 aromatic carbocycles. The summed E-state index contributed by atoms with van der Waals surface area (Å²) < 4.78 is 6.40. The van der Waals surface area contributed by atoms with Gasteiger partial charge in [0, 0.05) is 28.6 Å². The molecule has 146 valence electrons. The molecule has 11 heteroatoms. The number of non-ortho nitro benzene ring substituents is 1. The lowest BCUT2D eigenvalue weighted by molar-refractivity contribution is -0.384. The molecule has 0 saturated carbocycles. The summed E-state index contributed by atoms with van der Waals surface area (Å²) in [5, 5.41) is 18.0. The van der Waals surface area contributed by atoms with Crippen molar-refractivity contribution in [3.8, 4) is 11.5 Å². The van der Waals surface area contributed by atoms with Crippen LogP contribution >= 0.6 is 27.7 Å². The zero-order chi connectivity index (χ0) is 20.5. The first-order chi connectivity index (χ1) is 13.9. The molecule has 0 spiro atoms. The van der Waals surface area contributed by atoms with Crippen LogP contribution in [0.15, 0.2) is 62.6 Å². The van der Waals surface area contributed by atoms with E-state index in [1.54, 1.807) is 24.3 Å². The summed E-state index contributed by atoms with van der Waals surface area (Å²) in [6, 6.07) is 12.6. The highest BCUT2D eigenvalue weighted by Crippen LogP contribution is 2.34. The zero-order valence-electron chi connectivity index (χ0n) is 14.5. The van der Waals surface area contributed by atoms with E-state index in [1.165, 1.54) is 24.3 Å². The van der Waals surface area contributed by atoms with E-state index in [2.05, 4.69) is 26.1 Å². The molecule has 0 bridgehead atoms. The topological polar surface area (TPSA) is 119 Å². The minimum atomic E-state index is -0.670. The number of aromatic nitrogens is 2. The predicted octanol–water partition coefficient (Wildman–Crippen LogP) is 3.83. The fourth-order valence-corrected chi connectivity index (χ4v) is 3.93. The number of rotatable bonds is 5. The third kappa shape index (κ3) is 3.91. The molecule has 1 unspecified atom stereocenters. The highest BCUT2D eigenvalue weighted by atomic mass is 79.9. The molecule has 0 N–H and O–H groups in total. The van der Waals surface area contributed by atoms with Crippen LogP contribution < -0.4 is 4.90 Å². The second-order valence-corrected chi connectivity index (χ2v) is 8.10. The van der Waals surface area contributed by atoms with Crippen LogP contribution in [0.5, 0.6) is 0 Å². The van der Waals surface area contributed by atoms with Crippen LogP contribution in [-0.4, -0.2) is 32.2 Å². The Bertz CT molecular complexity index is 1100. The average Bonchev–Trinajstić information content (AvgIpc) is 3.28. The Morgan fingerprint density at radius 3 is 2.45 bits per heavy atom. The minimum Gasteiger partial charge on any atom is -0.411 e. The maximum Gasteiger partial charge on any atom is 0.277 e. The van der Waals surface area contributed by atoms with E-state index in [0.717, 1.165) is 21.1 Å². The van der Waals surface area contributed by atoms with Crippen LogP contribution in [0.25, 0.3) is 11.5 Å². The lowest BCUT2D eigenvalue weighted by Gasteiger charge is -2.14. The number of anilines is 1. The van der Waals surface area contributed by atoms with Crippen LogP contribution in [0.2, 0.25) is 0 Å². The van der Waals surface area contributed by atoms with E-state index in [4.69, 9.17) is 4.42 Å². The second-order valence-electron chi connectivity index (χ2n) is 6.03. The van der Waals surface area contributed by atoms with Crippen molar-refractivity contribution in [1.29, 1.82) is 0 Å². The highest BCUT2D eigenvalue weighted by molar-refractivity contribution is 9.10. The van der Waals surface area contributed by atoms with Crippen molar-refractivity contribution in [2.75, 3.05) is 4.90 Å². The van der Waals surface area contributed by atoms with E-state index in [1.807, 2.05) is 0 Å². The van der Waals surface area contributed by atoms with Crippen molar-refractivity contribution in [1.82, 2.24) is 10.2 Å². The number of nitro benzene ring substituents is 1. The van der Waals surface area contributed by atoms with E-state index < -0.39 is 10.2 Å². The number of nitro groups is 1. The number of imide groups is 1. The van der Waals surface area contributed by atoms with Crippen molar-refractivity contribution in [2.24, 2.45) is 0 Å². The van der Waals surface area contributed by atoms with E-state index in [0.29, 0.717) is 11.3 Å². The lowest BCUT2D eigenvalue weighted by Crippen LogP contribution is -2.31. The molecule has 1 aliphatic rings. The Kier molecular flexibility index (Phi) is 5.16. The number of carbonyl (C=O) groups is 2. The van der Waals surface area contributed by atoms with Gasteiger partial charge in [0.25, 0.3) is 10.9 Å². The summed E-state index contributed by atoms with van der Waals surface area (Å²) in [6.07, 6.45) is 0.0226. The molecule has 0 aliphatic carbocycles. The predicted molar refractivity (Wildman–Crippen MR) is 107 cm³/mol. The summed E-state index contributed by atoms with van der Waals surface area (Å²) >= 11 is 4.34. The third-order valence-corrected chi connectivity index (χ3v) is 5.71. The fraction of sp³-hybridized carbons (Fsp3) is 0.111. The van der Waals surface area contributed by atoms with Gasteiger partial charge in [-0.15, -0.1) is 10.2 Å². The number of amides is 2. The van der Waals surface area contributed by atoms with Gasteiger partial charge in [-0.2, -0.15) is 0 Å². The maximum atomic E-state index is 12.7. The number of benzene rings is 2. The first-order valence-corrected chi connectivity index (χ1v) is 9.97. The fourth-order valence-electron chi connectivity index (χ4n) is 2.78. The van der Waals surface area contributed by atoms with Crippen molar-refractivity contribution in [3.63, 3.8) is 0 Å². The molecule has 1 aliphatic heterocycles. The van der Waals surface area contributed by atoms with E-state index in [9.17, 15) is 19.7 Å². The number of thioether (sulfide) groups is 1. The summed E-state index contributed by atoms with van der Waals surface area (Å²) in [7, 11) is 0. The van der Waals surface area contributed by atoms with Crippen molar-refractivity contribution < 1.29 is 18.9 Å². The first-order valence-electron chi connectivity index (χ1n) is 8.30. The van der Waals surface area contributed by atoms with Gasteiger partial charge in [0.15, 0.2) is 0 Å². The molecular formula is C18H11BrN4O5S. The molecule has 4 rings (SSSR count). The van der Waals surface area contributed by atoms with Crippen LogP contribution in [0, 0.1) is 10.1 Å². The Morgan fingerprint density at radius 2 is 1.79 bits per heavy atom. The zero-order valence-corrected chi connectivity index (χ0v) is 16.9. The summed E-state index contributed by atoms with van der Waals surface area (Å²) in [4.78, 5) is 36.4. The largest absolute Gasteiger partial charge is 0.411 e. The van der Waals surface area contributed by atoms with Gasteiger partial charge in [-0.1, -0.05) is 27.7 Å². The SMILES string of the molecule is O=C1CC(Sc2nnc(-c3ccc([N+](=O)[O-])cc3)o2)C(=O)N1c1ccc(Br)cc1. The molecule has 1 fully saturated rings. The van der Waals surface area contributed by atoms with Gasteiger partial charge in [0.2, 0.25) is 17.7 Å². The van der Waals surface area contributed by atoms with Crippen LogP contribution in [0.3, 0.4) is 0 Å². The quantitative estimate of drug-likeness (QED) is 0.310. The number of hydrogen-bond donors (Lipinski definition) is 0. The molecule has 2 amide bonds. The molecule has 1 atom stereocenters. The average molecular weight is 475 g/mol. The summed E-state index contributed by atoms with van der Waals surface area (Å²) in [5.41, 5.74) is 0.967. The molecule has 3 aromatic rings. The molecule has 1 aromatic heterocycles. The standard InChI is InChI=1S/C18H11BrN4O5S/c19-11-3-7-12(8-4-11)22-15(24)9-14(17(22)25)29-18-21-20-16(28-18)10-1-5-13(6-2-10)23(26)27/h1-8,14H,9H2. The molecule has 2 heterocycles. The van der Waals surface area contributed by atoms with Crippen LogP contribution in [-0.2, 0) is 9.59 Å². The van der Waals surface area contributed by atoms with E-state index >= 15 is 0 Å². The molecule has 9 nitrogen and oxygen atoms in total. The van der Waals surface area contributed by atoms with Crippen molar-refractivity contribution >= 4 is 50.9 Å². The maximum absolute atomic E-state index is 12.7. The monoisotopic (exact) mass is 474 g/mol. The molecule has 1 saturated heterocycles. The highest BCUT2D eigenvalue weighted by Gasteiger charge is 2.41. The third-order valence-electron chi connectivity index (χ3n) is 4.16. The Labute approximate surface area is 176 Å². The van der Waals surface area contributed by atoms with Crippen molar-refractivity contribution in [3.05, 3.63) is 63.1 Å². The van der Waals surface area contributed by atoms with Gasteiger partial charge < -0.3 is 4.42 Å². The molecular weight excluding hydrogens is 464 g/mol. The van der Waals surface area contributed by atoms with Gasteiger partial charge in [-0.05, 0) is 36.4 Å². The summed E-state index contributed by atoms with van der Waals surface area (Å²) in [6.45, 7) is 0. The van der Waals surface area contributed by atoms with Gasteiger partial charge in [0.1, 0.15) is 5.25 Å². The van der Waals surface area contributed by atoms with Crippen LogP contribution in [0.4, 0.5) is 11.4 Å². The van der Waals surface area contributed by atoms with Gasteiger partial charge >= 0.3 is 0 Å². The molecule has 29 heavy (non-hydrogen) atoms. The minimum absolute atomic E-state index is 0.0226. The Balaban J connectivity index is 1.49. The van der Waals surface area contributed by atoms with Gasteiger partial charge in [-0.25, -0.2) is 4.90 Å². The van der Waals surface area contributed by atoms with Crippen LogP contribution in [0.1, 0.15) is 6.42 Å². The molecule has 0 radical (unpaired) electrons. The summed E-state index contributed by atoms with van der Waals surface area (Å²) in [5.74, 6) is -0.480. The number of nitrogens with zero attached hydrogens (tertiary/aromatic N) is 4. The smallest absolute Gasteiger partial charge is 0.277 e. The normalized spacial score (nSPS) is 16.4. The Hall–Kier alpha value is -3.05.